The van der Waals surface area contributed by atoms with Crippen molar-refractivity contribution in [1.82, 2.24) is 5.16 Å². The van der Waals surface area contributed by atoms with Crippen molar-refractivity contribution in [3.63, 3.8) is 0 Å². The SMILES string of the molecule is Cc1cc(NC(=O)C(C)OC(=O)c2ccc(Oc3ccc(Cl)cc3[N+](=O)[O-])cc2)no1. The third kappa shape index (κ3) is 5.58. The third-order valence-corrected chi connectivity index (χ3v) is 4.20. The summed E-state index contributed by atoms with van der Waals surface area (Å²) in [7, 11) is 0. The van der Waals surface area contributed by atoms with Crippen molar-refractivity contribution in [2.24, 2.45) is 0 Å². The fraction of sp³-hybridized carbons (Fsp3) is 0.150. The van der Waals surface area contributed by atoms with Crippen LogP contribution in [0, 0.1) is 17.0 Å². The summed E-state index contributed by atoms with van der Waals surface area (Å²) in [5.41, 5.74) is -0.131. The Hall–Kier alpha value is -3.92. The quantitative estimate of drug-likeness (QED) is 0.318. The van der Waals surface area contributed by atoms with E-state index in [-0.39, 0.29) is 33.6 Å². The van der Waals surface area contributed by atoms with Gasteiger partial charge >= 0.3 is 11.7 Å². The molecule has 31 heavy (non-hydrogen) atoms. The molecule has 2 aromatic carbocycles. The number of carbonyl (C=O) groups excluding carboxylic acids is 2. The molecule has 0 bridgehead atoms. The number of nitro groups is 1. The number of halogens is 1. The first kappa shape index (κ1) is 21.8. The Morgan fingerprint density at radius 1 is 1.19 bits per heavy atom. The maximum absolute atomic E-state index is 12.3. The number of rotatable bonds is 7. The fourth-order valence-corrected chi connectivity index (χ4v) is 2.61. The predicted octanol–water partition coefficient (Wildman–Crippen LogP) is 4.52. The van der Waals surface area contributed by atoms with Crippen LogP contribution in [0.5, 0.6) is 11.5 Å². The van der Waals surface area contributed by atoms with E-state index in [1.807, 2.05) is 0 Å². The zero-order valence-corrected chi connectivity index (χ0v) is 17.1. The van der Waals surface area contributed by atoms with Gasteiger partial charge in [-0.2, -0.15) is 0 Å². The number of aromatic nitrogens is 1. The summed E-state index contributed by atoms with van der Waals surface area (Å²) in [6.07, 6.45) is -1.09. The van der Waals surface area contributed by atoms with Gasteiger partial charge in [-0.25, -0.2) is 4.79 Å². The number of ether oxygens (including phenoxy) is 2. The number of hydrogen-bond acceptors (Lipinski definition) is 8. The van der Waals surface area contributed by atoms with Crippen LogP contribution < -0.4 is 10.1 Å². The van der Waals surface area contributed by atoms with Crippen molar-refractivity contribution >= 4 is 35.0 Å². The Balaban J connectivity index is 1.62. The van der Waals surface area contributed by atoms with Crippen molar-refractivity contribution in [3.8, 4) is 11.5 Å². The standard InChI is InChI=1S/C20H16ClN3O7/c1-11-9-18(23-31-11)22-19(25)12(2)29-20(26)13-3-6-15(7-4-13)30-17-8-5-14(21)10-16(17)24(27)28/h3-10,12H,1-2H3,(H,22,23,25). The van der Waals surface area contributed by atoms with Crippen LogP contribution >= 0.6 is 11.6 Å². The van der Waals surface area contributed by atoms with E-state index in [1.165, 1.54) is 55.5 Å². The zero-order valence-electron chi connectivity index (χ0n) is 16.3. The number of nitrogens with one attached hydrogen (secondary N) is 1. The largest absolute Gasteiger partial charge is 0.450 e. The van der Waals surface area contributed by atoms with Crippen LogP contribution in [-0.2, 0) is 9.53 Å². The van der Waals surface area contributed by atoms with Crippen molar-refractivity contribution in [3.05, 3.63) is 75.0 Å². The van der Waals surface area contributed by atoms with Gasteiger partial charge in [0.25, 0.3) is 5.91 Å². The van der Waals surface area contributed by atoms with Crippen LogP contribution in [0.25, 0.3) is 0 Å². The van der Waals surface area contributed by atoms with E-state index in [2.05, 4.69) is 10.5 Å². The molecule has 0 fully saturated rings. The number of anilines is 1. The fourth-order valence-electron chi connectivity index (χ4n) is 2.44. The minimum atomic E-state index is -1.09. The van der Waals surface area contributed by atoms with Crippen molar-refractivity contribution in [1.29, 1.82) is 0 Å². The van der Waals surface area contributed by atoms with Gasteiger partial charge in [0.05, 0.1) is 10.5 Å². The van der Waals surface area contributed by atoms with Crippen LogP contribution in [0.4, 0.5) is 11.5 Å². The van der Waals surface area contributed by atoms with Crippen LogP contribution in [-0.4, -0.2) is 28.1 Å². The molecule has 0 spiro atoms. The number of carbonyl (C=O) groups is 2. The second-order valence-corrected chi connectivity index (χ2v) is 6.79. The van der Waals surface area contributed by atoms with E-state index >= 15 is 0 Å². The van der Waals surface area contributed by atoms with E-state index < -0.39 is 22.9 Å². The molecule has 3 rings (SSSR count). The molecular weight excluding hydrogens is 430 g/mol. The summed E-state index contributed by atoms with van der Waals surface area (Å²) in [4.78, 5) is 34.9. The van der Waals surface area contributed by atoms with Gasteiger partial charge in [0.2, 0.25) is 5.75 Å². The first-order chi connectivity index (χ1) is 14.7. The van der Waals surface area contributed by atoms with E-state index in [4.69, 9.17) is 25.6 Å². The highest BCUT2D eigenvalue weighted by Gasteiger charge is 2.21. The number of benzene rings is 2. The minimum Gasteiger partial charge on any atom is -0.450 e. The van der Waals surface area contributed by atoms with Crippen LogP contribution in [0.15, 0.2) is 53.1 Å². The molecule has 1 heterocycles. The van der Waals surface area contributed by atoms with Crippen LogP contribution in [0.1, 0.15) is 23.0 Å². The Labute approximate surface area is 180 Å². The van der Waals surface area contributed by atoms with Crippen molar-refractivity contribution in [2.75, 3.05) is 5.32 Å². The van der Waals surface area contributed by atoms with Crippen LogP contribution in [0.2, 0.25) is 5.02 Å². The number of nitrogens with zero attached hydrogens (tertiary/aromatic N) is 2. The lowest BCUT2D eigenvalue weighted by molar-refractivity contribution is -0.385. The average molecular weight is 446 g/mol. The summed E-state index contributed by atoms with van der Waals surface area (Å²) >= 11 is 5.78. The molecule has 1 unspecified atom stereocenters. The summed E-state index contributed by atoms with van der Waals surface area (Å²) in [5.74, 6) is -0.318. The molecule has 1 N–H and O–H groups in total. The molecular formula is C20H16ClN3O7. The van der Waals surface area contributed by atoms with Crippen LogP contribution in [0.3, 0.4) is 0 Å². The Bertz CT molecular complexity index is 1130. The molecule has 0 aliphatic heterocycles. The molecule has 1 aromatic heterocycles. The first-order valence-electron chi connectivity index (χ1n) is 8.90. The molecule has 1 atom stereocenters. The average Bonchev–Trinajstić information content (AvgIpc) is 3.14. The van der Waals surface area contributed by atoms with E-state index in [9.17, 15) is 19.7 Å². The molecule has 11 heteroatoms. The molecule has 0 aliphatic carbocycles. The van der Waals surface area contributed by atoms with Crippen molar-refractivity contribution < 1.29 is 28.5 Å². The maximum Gasteiger partial charge on any atom is 0.338 e. The second-order valence-electron chi connectivity index (χ2n) is 6.36. The molecule has 0 saturated carbocycles. The van der Waals surface area contributed by atoms with Gasteiger partial charge in [-0.05, 0) is 50.2 Å². The summed E-state index contributed by atoms with van der Waals surface area (Å²) in [6.45, 7) is 3.09. The number of aryl methyl sites for hydroxylation is 1. The maximum atomic E-state index is 12.3. The molecule has 10 nitrogen and oxygen atoms in total. The highest BCUT2D eigenvalue weighted by Crippen LogP contribution is 2.33. The number of hydrogen-bond donors (Lipinski definition) is 1. The molecule has 160 valence electrons. The lowest BCUT2D eigenvalue weighted by Gasteiger charge is -2.12. The Kier molecular flexibility index (Phi) is 6.51. The van der Waals surface area contributed by atoms with Gasteiger partial charge < -0.3 is 19.3 Å². The Morgan fingerprint density at radius 2 is 1.90 bits per heavy atom. The Morgan fingerprint density at radius 3 is 2.52 bits per heavy atom. The monoisotopic (exact) mass is 445 g/mol. The van der Waals surface area contributed by atoms with Gasteiger partial charge in [0.15, 0.2) is 11.9 Å². The molecule has 0 aliphatic rings. The van der Waals surface area contributed by atoms with Gasteiger partial charge in [0, 0.05) is 17.2 Å². The zero-order chi connectivity index (χ0) is 22.5. The number of nitro benzene ring substituents is 1. The van der Waals surface area contributed by atoms with E-state index in [0.29, 0.717) is 5.76 Å². The molecule has 3 aromatic rings. The van der Waals surface area contributed by atoms with E-state index in [0.717, 1.165) is 0 Å². The first-order valence-corrected chi connectivity index (χ1v) is 9.28. The van der Waals surface area contributed by atoms with Gasteiger partial charge in [-0.3, -0.25) is 14.9 Å². The molecule has 0 saturated heterocycles. The van der Waals surface area contributed by atoms with Gasteiger partial charge in [-0.1, -0.05) is 16.8 Å². The lowest BCUT2D eigenvalue weighted by Crippen LogP contribution is -2.30. The van der Waals surface area contributed by atoms with Gasteiger partial charge in [-0.15, -0.1) is 0 Å². The summed E-state index contributed by atoms with van der Waals surface area (Å²) in [6, 6.07) is 11.2. The third-order valence-electron chi connectivity index (χ3n) is 3.97. The number of esters is 1. The predicted molar refractivity (Wildman–Crippen MR) is 109 cm³/mol. The van der Waals surface area contributed by atoms with Gasteiger partial charge in [0.1, 0.15) is 11.5 Å². The summed E-state index contributed by atoms with van der Waals surface area (Å²) < 4.78 is 15.5. The molecule has 1 amide bonds. The molecule has 0 radical (unpaired) electrons. The normalized spacial score (nSPS) is 11.5. The topological polar surface area (TPSA) is 134 Å². The smallest absolute Gasteiger partial charge is 0.338 e. The summed E-state index contributed by atoms with van der Waals surface area (Å²) in [5, 5.41) is 17.4. The lowest BCUT2D eigenvalue weighted by atomic mass is 10.2. The highest BCUT2D eigenvalue weighted by molar-refractivity contribution is 6.30. The van der Waals surface area contributed by atoms with E-state index in [1.54, 1.807) is 6.92 Å². The second kappa shape index (κ2) is 9.26. The van der Waals surface area contributed by atoms with Crippen molar-refractivity contribution in [2.45, 2.75) is 20.0 Å². The number of amides is 1. The highest BCUT2D eigenvalue weighted by atomic mass is 35.5. The minimum absolute atomic E-state index is 0.00175.